The van der Waals surface area contributed by atoms with Gasteiger partial charge in [0.05, 0.1) is 11.6 Å². The lowest BCUT2D eigenvalue weighted by Crippen LogP contribution is -1.90. The van der Waals surface area contributed by atoms with E-state index in [1.54, 1.807) is 18.2 Å². The molecule has 2 nitrogen and oxygen atoms in total. The minimum Gasteiger partial charge on any atom is -0.399 e. The fourth-order valence-electron chi connectivity index (χ4n) is 0.815. The predicted molar refractivity (Wildman–Crippen MR) is 45.1 cm³/mol. The second-order valence-electron chi connectivity index (χ2n) is 2.16. The SMILES string of the molecule is N#Cc1cc(N)ccc1CCl. The van der Waals surface area contributed by atoms with E-state index < -0.39 is 0 Å². The number of rotatable bonds is 1. The van der Waals surface area contributed by atoms with Crippen LogP contribution in [0.15, 0.2) is 18.2 Å². The topological polar surface area (TPSA) is 49.8 Å². The molecule has 0 aliphatic carbocycles. The van der Waals surface area contributed by atoms with Gasteiger partial charge >= 0.3 is 0 Å². The number of anilines is 1. The lowest BCUT2D eigenvalue weighted by molar-refractivity contribution is 1.35. The Hall–Kier alpha value is -1.20. The van der Waals surface area contributed by atoms with Gasteiger partial charge in [-0.05, 0) is 17.7 Å². The van der Waals surface area contributed by atoms with Gasteiger partial charge in [0.2, 0.25) is 0 Å². The van der Waals surface area contributed by atoms with Crippen LogP contribution < -0.4 is 5.73 Å². The Bertz CT molecular complexity index is 301. The van der Waals surface area contributed by atoms with Crippen LogP contribution in [0.4, 0.5) is 5.69 Å². The van der Waals surface area contributed by atoms with Crippen LogP contribution in [0.1, 0.15) is 11.1 Å². The highest BCUT2D eigenvalue weighted by atomic mass is 35.5. The Morgan fingerprint density at radius 2 is 2.27 bits per heavy atom. The van der Waals surface area contributed by atoms with Crippen LogP contribution in [0.25, 0.3) is 0 Å². The van der Waals surface area contributed by atoms with Crippen molar-refractivity contribution >= 4 is 17.3 Å². The van der Waals surface area contributed by atoms with E-state index in [2.05, 4.69) is 0 Å². The second kappa shape index (κ2) is 3.27. The summed E-state index contributed by atoms with van der Waals surface area (Å²) in [6.07, 6.45) is 0. The molecule has 0 heterocycles. The van der Waals surface area contributed by atoms with Crippen molar-refractivity contribution in [3.05, 3.63) is 29.3 Å². The van der Waals surface area contributed by atoms with Crippen LogP contribution in [-0.4, -0.2) is 0 Å². The molecule has 2 N–H and O–H groups in total. The monoisotopic (exact) mass is 166 g/mol. The molecule has 0 atom stereocenters. The zero-order valence-electron chi connectivity index (χ0n) is 5.84. The summed E-state index contributed by atoms with van der Waals surface area (Å²) in [7, 11) is 0. The van der Waals surface area contributed by atoms with Crippen LogP contribution in [-0.2, 0) is 5.88 Å². The number of nitrogens with zero attached hydrogens (tertiary/aromatic N) is 1. The molecular formula is C8H7ClN2. The van der Waals surface area contributed by atoms with Gasteiger partial charge in [-0.25, -0.2) is 0 Å². The molecule has 0 unspecified atom stereocenters. The van der Waals surface area contributed by atoms with Crippen molar-refractivity contribution in [1.82, 2.24) is 0 Å². The summed E-state index contributed by atoms with van der Waals surface area (Å²) in [5.41, 5.74) is 7.43. The first-order chi connectivity index (χ1) is 5.27. The number of nitriles is 1. The van der Waals surface area contributed by atoms with Crippen molar-refractivity contribution in [3.8, 4) is 6.07 Å². The quantitative estimate of drug-likeness (QED) is 0.512. The van der Waals surface area contributed by atoms with Gasteiger partial charge in [-0.2, -0.15) is 5.26 Å². The van der Waals surface area contributed by atoms with Gasteiger partial charge in [-0.1, -0.05) is 6.07 Å². The fraction of sp³-hybridized carbons (Fsp3) is 0.125. The van der Waals surface area contributed by atoms with Gasteiger partial charge in [0.1, 0.15) is 0 Å². The average molecular weight is 167 g/mol. The largest absolute Gasteiger partial charge is 0.399 e. The molecule has 0 bridgehead atoms. The first kappa shape index (κ1) is 7.90. The van der Waals surface area contributed by atoms with Crippen molar-refractivity contribution in [2.75, 3.05) is 5.73 Å². The van der Waals surface area contributed by atoms with Crippen LogP contribution in [0.5, 0.6) is 0 Å². The molecule has 0 fully saturated rings. The molecule has 1 aromatic rings. The molecule has 0 aliphatic heterocycles. The molecule has 0 amide bonds. The lowest BCUT2D eigenvalue weighted by atomic mass is 10.1. The summed E-state index contributed by atoms with van der Waals surface area (Å²) in [6.45, 7) is 0. The smallest absolute Gasteiger partial charge is 0.0995 e. The second-order valence-corrected chi connectivity index (χ2v) is 2.43. The maximum Gasteiger partial charge on any atom is 0.0995 e. The predicted octanol–water partition coefficient (Wildman–Crippen LogP) is 1.88. The van der Waals surface area contributed by atoms with Crippen LogP contribution in [0.3, 0.4) is 0 Å². The van der Waals surface area contributed by atoms with Gasteiger partial charge in [-0.3, -0.25) is 0 Å². The summed E-state index contributed by atoms with van der Waals surface area (Å²) in [5.74, 6) is 0.350. The van der Waals surface area contributed by atoms with Crippen molar-refractivity contribution in [3.63, 3.8) is 0 Å². The van der Waals surface area contributed by atoms with E-state index in [1.807, 2.05) is 6.07 Å². The Labute approximate surface area is 70.2 Å². The van der Waals surface area contributed by atoms with Gasteiger partial charge < -0.3 is 5.73 Å². The van der Waals surface area contributed by atoms with E-state index in [1.165, 1.54) is 0 Å². The van der Waals surface area contributed by atoms with E-state index in [4.69, 9.17) is 22.6 Å². The Morgan fingerprint density at radius 1 is 1.55 bits per heavy atom. The minimum absolute atomic E-state index is 0.350. The molecule has 3 heteroatoms. The number of nitrogen functional groups attached to an aromatic ring is 1. The molecule has 0 radical (unpaired) electrons. The third-order valence-electron chi connectivity index (χ3n) is 1.40. The van der Waals surface area contributed by atoms with Gasteiger partial charge in [0.25, 0.3) is 0 Å². The molecule has 0 saturated heterocycles. The molecular weight excluding hydrogens is 160 g/mol. The summed E-state index contributed by atoms with van der Waals surface area (Å²) in [4.78, 5) is 0. The van der Waals surface area contributed by atoms with Gasteiger partial charge in [0.15, 0.2) is 0 Å². The zero-order chi connectivity index (χ0) is 8.27. The number of nitrogens with two attached hydrogens (primary N) is 1. The number of halogens is 1. The standard InChI is InChI=1S/C8H7ClN2/c9-4-6-1-2-8(11)3-7(6)5-10/h1-3H,4,11H2. The maximum absolute atomic E-state index is 8.61. The van der Waals surface area contributed by atoms with Crippen molar-refractivity contribution in [2.24, 2.45) is 0 Å². The normalized spacial score (nSPS) is 9.09. The summed E-state index contributed by atoms with van der Waals surface area (Å²) in [5, 5.41) is 8.61. The highest BCUT2D eigenvalue weighted by molar-refractivity contribution is 6.17. The molecule has 56 valence electrons. The molecule has 1 aromatic carbocycles. The number of alkyl halides is 1. The van der Waals surface area contributed by atoms with Crippen LogP contribution in [0, 0.1) is 11.3 Å². The van der Waals surface area contributed by atoms with E-state index in [-0.39, 0.29) is 0 Å². The third kappa shape index (κ3) is 1.63. The molecule has 0 saturated carbocycles. The summed E-state index contributed by atoms with van der Waals surface area (Å²) >= 11 is 5.57. The van der Waals surface area contributed by atoms with Crippen molar-refractivity contribution in [1.29, 1.82) is 5.26 Å². The fourth-order valence-corrected chi connectivity index (χ4v) is 1.05. The lowest BCUT2D eigenvalue weighted by Gasteiger charge is -1.98. The van der Waals surface area contributed by atoms with E-state index >= 15 is 0 Å². The Morgan fingerprint density at radius 3 is 2.82 bits per heavy atom. The van der Waals surface area contributed by atoms with E-state index in [0.29, 0.717) is 17.1 Å². The van der Waals surface area contributed by atoms with Gasteiger partial charge in [-0.15, -0.1) is 11.6 Å². The zero-order valence-corrected chi connectivity index (χ0v) is 6.60. The van der Waals surface area contributed by atoms with E-state index in [0.717, 1.165) is 5.56 Å². The molecule has 0 spiro atoms. The molecule has 0 aliphatic rings. The van der Waals surface area contributed by atoms with Crippen LogP contribution >= 0.6 is 11.6 Å². The summed E-state index contributed by atoms with van der Waals surface area (Å²) in [6, 6.07) is 7.15. The number of hydrogen-bond acceptors (Lipinski definition) is 2. The molecule has 11 heavy (non-hydrogen) atoms. The minimum atomic E-state index is 0.350. The Kier molecular flexibility index (Phi) is 2.35. The van der Waals surface area contributed by atoms with Crippen molar-refractivity contribution in [2.45, 2.75) is 5.88 Å². The molecule has 1 rings (SSSR count). The summed E-state index contributed by atoms with van der Waals surface area (Å²) < 4.78 is 0. The Balaban J connectivity index is 3.19. The maximum atomic E-state index is 8.61. The third-order valence-corrected chi connectivity index (χ3v) is 1.69. The highest BCUT2D eigenvalue weighted by Gasteiger charge is 1.99. The number of benzene rings is 1. The van der Waals surface area contributed by atoms with Gasteiger partial charge in [0, 0.05) is 11.6 Å². The molecule has 0 aromatic heterocycles. The first-order valence-electron chi connectivity index (χ1n) is 3.12. The highest BCUT2D eigenvalue weighted by Crippen LogP contribution is 2.14. The average Bonchev–Trinajstić information content (AvgIpc) is 2.04. The van der Waals surface area contributed by atoms with E-state index in [9.17, 15) is 0 Å². The van der Waals surface area contributed by atoms with Crippen LogP contribution in [0.2, 0.25) is 0 Å². The number of hydrogen-bond donors (Lipinski definition) is 1. The first-order valence-corrected chi connectivity index (χ1v) is 3.66. The van der Waals surface area contributed by atoms with Crippen molar-refractivity contribution < 1.29 is 0 Å².